The molecule has 0 fully saturated rings. The maximum absolute atomic E-state index is 13.8. The van der Waals surface area contributed by atoms with Crippen LogP contribution in [-0.4, -0.2) is 34.5 Å². The topological polar surface area (TPSA) is 85.6 Å². The average molecular weight is 519 g/mol. The van der Waals surface area contributed by atoms with Gasteiger partial charge in [-0.05, 0) is 62.4 Å². The van der Waals surface area contributed by atoms with Crippen LogP contribution in [-0.2, 0) is 17.6 Å². The van der Waals surface area contributed by atoms with E-state index in [1.807, 2.05) is 55.5 Å². The summed E-state index contributed by atoms with van der Waals surface area (Å²) in [5, 5.41) is 5.29. The molecule has 0 spiro atoms. The molecule has 1 amide bonds. The highest BCUT2D eigenvalue weighted by molar-refractivity contribution is 7.99. The lowest BCUT2D eigenvalue weighted by Gasteiger charge is -2.13. The SMILES string of the molecule is COc1ccccc1C=NNC(=O)CSc1nc2sc3c(c2c(=O)n1-c1ccc(C)cc1)CCCC3. The Kier molecular flexibility index (Phi) is 7.20. The lowest BCUT2D eigenvalue weighted by atomic mass is 9.97. The fourth-order valence-corrected chi connectivity index (χ4v) is 6.42. The molecule has 1 N–H and O–H groups in total. The van der Waals surface area contributed by atoms with Crippen LogP contribution in [0.15, 0.2) is 63.6 Å². The van der Waals surface area contributed by atoms with Gasteiger partial charge >= 0.3 is 0 Å². The van der Waals surface area contributed by atoms with Crippen molar-refractivity contribution >= 4 is 45.4 Å². The quantitative estimate of drug-likeness (QED) is 0.163. The highest BCUT2D eigenvalue weighted by atomic mass is 32.2. The molecule has 7 nitrogen and oxygen atoms in total. The normalized spacial score (nSPS) is 13.2. The van der Waals surface area contributed by atoms with Crippen LogP contribution < -0.4 is 15.7 Å². The number of ether oxygens (including phenoxy) is 1. The average Bonchev–Trinajstić information content (AvgIpc) is 3.27. The minimum atomic E-state index is -0.290. The Hall–Kier alpha value is -3.43. The number of methoxy groups -OCH3 is 1. The van der Waals surface area contributed by atoms with E-state index in [0.29, 0.717) is 10.9 Å². The molecule has 0 bridgehead atoms. The molecular formula is C27H26N4O3S2. The lowest BCUT2D eigenvalue weighted by Crippen LogP contribution is -2.24. The van der Waals surface area contributed by atoms with Crippen molar-refractivity contribution in [3.8, 4) is 11.4 Å². The zero-order valence-electron chi connectivity index (χ0n) is 20.1. The number of para-hydroxylation sites is 1. The van der Waals surface area contributed by atoms with Gasteiger partial charge in [-0.25, -0.2) is 10.4 Å². The number of hydrogen-bond acceptors (Lipinski definition) is 7. The molecule has 2 aromatic carbocycles. The molecule has 0 aliphatic heterocycles. The van der Waals surface area contributed by atoms with Crippen LogP contribution >= 0.6 is 23.1 Å². The summed E-state index contributed by atoms with van der Waals surface area (Å²) in [7, 11) is 1.59. The van der Waals surface area contributed by atoms with E-state index in [1.165, 1.54) is 16.6 Å². The van der Waals surface area contributed by atoms with Gasteiger partial charge in [0.15, 0.2) is 5.16 Å². The van der Waals surface area contributed by atoms with Gasteiger partial charge in [0.1, 0.15) is 10.6 Å². The molecular weight excluding hydrogens is 492 g/mol. The molecule has 2 heterocycles. The Bertz CT molecular complexity index is 1510. The first kappa shape index (κ1) is 24.3. The molecule has 9 heteroatoms. The monoisotopic (exact) mass is 518 g/mol. The summed E-state index contributed by atoms with van der Waals surface area (Å²) in [5.74, 6) is 0.447. The second-order valence-corrected chi connectivity index (χ2v) is 10.6. The summed E-state index contributed by atoms with van der Waals surface area (Å²) in [5.41, 5.74) is 6.25. The molecule has 5 rings (SSSR count). The summed E-state index contributed by atoms with van der Waals surface area (Å²) in [6.07, 6.45) is 5.69. The fourth-order valence-electron chi connectivity index (χ4n) is 4.31. The van der Waals surface area contributed by atoms with E-state index in [1.54, 1.807) is 29.2 Å². The second-order valence-electron chi connectivity index (χ2n) is 8.59. The van der Waals surface area contributed by atoms with E-state index < -0.39 is 0 Å². The third kappa shape index (κ3) is 4.94. The summed E-state index contributed by atoms with van der Waals surface area (Å²) in [6.45, 7) is 2.01. The standard InChI is InChI=1S/C27H26N4O3S2/c1-17-11-13-19(14-12-17)31-26(33)24-20-8-4-6-10-22(20)36-25(24)29-27(31)35-16-23(32)30-28-15-18-7-3-5-9-21(18)34-2/h3,5,7,9,11-15H,4,6,8,10,16H2,1-2H3,(H,30,32). The first-order chi connectivity index (χ1) is 17.5. The van der Waals surface area contributed by atoms with E-state index in [0.717, 1.165) is 58.3 Å². The largest absolute Gasteiger partial charge is 0.496 e. The molecule has 36 heavy (non-hydrogen) atoms. The first-order valence-corrected chi connectivity index (χ1v) is 13.6. The maximum atomic E-state index is 13.8. The Morgan fingerprint density at radius 1 is 1.19 bits per heavy atom. The van der Waals surface area contributed by atoms with Gasteiger partial charge in [0.2, 0.25) is 0 Å². The molecule has 0 unspecified atom stereocenters. The van der Waals surface area contributed by atoms with Gasteiger partial charge in [-0.1, -0.05) is 41.6 Å². The van der Waals surface area contributed by atoms with E-state index >= 15 is 0 Å². The molecule has 4 aromatic rings. The van der Waals surface area contributed by atoms with Crippen molar-refractivity contribution in [1.29, 1.82) is 0 Å². The van der Waals surface area contributed by atoms with E-state index in [-0.39, 0.29) is 17.2 Å². The Labute approximate surface area is 217 Å². The van der Waals surface area contributed by atoms with Crippen molar-refractivity contribution in [3.05, 3.63) is 80.5 Å². The zero-order valence-corrected chi connectivity index (χ0v) is 21.7. The summed E-state index contributed by atoms with van der Waals surface area (Å²) in [6, 6.07) is 15.2. The van der Waals surface area contributed by atoms with Gasteiger partial charge in [0, 0.05) is 10.4 Å². The third-order valence-electron chi connectivity index (χ3n) is 6.11. The number of aryl methyl sites for hydroxylation is 3. The van der Waals surface area contributed by atoms with Crippen LogP contribution in [0.25, 0.3) is 15.9 Å². The van der Waals surface area contributed by atoms with Crippen LogP contribution in [0.4, 0.5) is 0 Å². The van der Waals surface area contributed by atoms with E-state index in [9.17, 15) is 9.59 Å². The van der Waals surface area contributed by atoms with Crippen molar-refractivity contribution in [2.75, 3.05) is 12.9 Å². The molecule has 1 aliphatic carbocycles. The van der Waals surface area contributed by atoms with Crippen molar-refractivity contribution in [2.45, 2.75) is 37.8 Å². The van der Waals surface area contributed by atoms with Crippen molar-refractivity contribution in [2.24, 2.45) is 5.10 Å². The molecule has 0 saturated heterocycles. The lowest BCUT2D eigenvalue weighted by molar-refractivity contribution is -0.118. The smallest absolute Gasteiger partial charge is 0.267 e. The number of benzene rings is 2. The number of thiophene rings is 1. The number of carbonyl (C=O) groups is 1. The third-order valence-corrected chi connectivity index (χ3v) is 8.24. The van der Waals surface area contributed by atoms with Gasteiger partial charge in [-0.3, -0.25) is 14.2 Å². The predicted molar refractivity (Wildman–Crippen MR) is 146 cm³/mol. The van der Waals surface area contributed by atoms with Gasteiger partial charge in [0.05, 0.1) is 30.2 Å². The van der Waals surface area contributed by atoms with Crippen molar-refractivity contribution < 1.29 is 9.53 Å². The number of amides is 1. The number of nitrogens with one attached hydrogen (secondary N) is 1. The number of fused-ring (bicyclic) bond motifs is 3. The molecule has 0 radical (unpaired) electrons. The minimum Gasteiger partial charge on any atom is -0.496 e. The highest BCUT2D eigenvalue weighted by Gasteiger charge is 2.23. The number of thioether (sulfide) groups is 1. The van der Waals surface area contributed by atoms with E-state index in [4.69, 9.17) is 9.72 Å². The number of aromatic nitrogens is 2. The number of rotatable bonds is 7. The maximum Gasteiger partial charge on any atom is 0.267 e. The summed E-state index contributed by atoms with van der Waals surface area (Å²) < 4.78 is 6.94. The molecule has 2 aromatic heterocycles. The first-order valence-electron chi connectivity index (χ1n) is 11.8. The highest BCUT2D eigenvalue weighted by Crippen LogP contribution is 2.35. The molecule has 184 valence electrons. The van der Waals surface area contributed by atoms with Gasteiger partial charge in [0.25, 0.3) is 11.5 Å². The fraction of sp³-hybridized carbons (Fsp3) is 0.259. The van der Waals surface area contributed by atoms with Crippen molar-refractivity contribution in [3.63, 3.8) is 0 Å². The van der Waals surface area contributed by atoms with Crippen LogP contribution in [0.5, 0.6) is 5.75 Å². The number of hydrazone groups is 1. The van der Waals surface area contributed by atoms with Crippen LogP contribution in [0.2, 0.25) is 0 Å². The summed E-state index contributed by atoms with van der Waals surface area (Å²) in [4.78, 5) is 33.2. The number of hydrogen-bond donors (Lipinski definition) is 1. The number of nitrogens with zero attached hydrogens (tertiary/aromatic N) is 3. The Balaban J connectivity index is 1.42. The summed E-state index contributed by atoms with van der Waals surface area (Å²) >= 11 is 2.84. The predicted octanol–water partition coefficient (Wildman–Crippen LogP) is 4.89. The molecule has 1 aliphatic rings. The van der Waals surface area contributed by atoms with Crippen LogP contribution in [0.1, 0.15) is 34.4 Å². The minimum absolute atomic E-state index is 0.0676. The van der Waals surface area contributed by atoms with Crippen molar-refractivity contribution in [1.82, 2.24) is 15.0 Å². The Morgan fingerprint density at radius 3 is 2.78 bits per heavy atom. The van der Waals surface area contributed by atoms with E-state index in [2.05, 4.69) is 10.5 Å². The second kappa shape index (κ2) is 10.7. The van der Waals surface area contributed by atoms with Gasteiger partial charge in [-0.2, -0.15) is 5.10 Å². The molecule has 0 saturated carbocycles. The zero-order chi connectivity index (χ0) is 25.1. The van der Waals surface area contributed by atoms with Crippen LogP contribution in [0, 0.1) is 6.92 Å². The number of carbonyl (C=O) groups excluding carboxylic acids is 1. The Morgan fingerprint density at radius 2 is 1.97 bits per heavy atom. The van der Waals surface area contributed by atoms with Crippen LogP contribution in [0.3, 0.4) is 0 Å². The van der Waals surface area contributed by atoms with Gasteiger partial charge < -0.3 is 4.74 Å². The van der Waals surface area contributed by atoms with Gasteiger partial charge in [-0.15, -0.1) is 11.3 Å². The molecule has 0 atom stereocenters.